The standard InChI is InChI=1S/C3H7Cl.2C3H8N.C2H6NO.CH3ClO2S.8CH3.H2N.O2S.4U/c3*1-2-3-4;3-1-2-4;1-5(2,3)4;;;;;;;;;;1-3-2;;;;/h2-3H2,1H3;2*4H,2-3H2,1H3;3-4H,1-2H2;1H3;8*1H3;1H2;;;;;/q;3*-1;;9*-1;;4*+3. The van der Waals surface area contributed by atoms with Crippen LogP contribution in [-0.4, -0.2) is 60.3 Å². The van der Waals surface area contributed by atoms with E-state index in [1.807, 2.05) is 20.8 Å². The van der Waals surface area contributed by atoms with Crippen molar-refractivity contribution in [3.8, 4) is 0 Å². The summed E-state index contributed by atoms with van der Waals surface area (Å²) < 4.78 is 35.4. The smallest absolute Gasteiger partial charge is 0.693 e. The third-order valence-corrected chi connectivity index (χ3v) is 1.18. The van der Waals surface area contributed by atoms with Crippen LogP contribution in [-0.2, 0) is 20.6 Å². The van der Waals surface area contributed by atoms with Gasteiger partial charge in [0.15, 0.2) is 0 Å². The van der Waals surface area contributed by atoms with Crippen molar-refractivity contribution < 1.29 is 146 Å². The molecule has 0 rings (SSSR count). The molecule has 17 heteroatoms. The predicted octanol–water partition coefficient (Wildman–Crippen LogP) is 8.40. The van der Waals surface area contributed by atoms with Crippen LogP contribution in [0, 0.1) is 184 Å². The summed E-state index contributed by atoms with van der Waals surface area (Å²) in [6.45, 7) is 7.28. The first kappa shape index (κ1) is 135. The summed E-state index contributed by atoms with van der Waals surface area (Å²) in [4.78, 5) is 0. The van der Waals surface area contributed by atoms with Crippen LogP contribution >= 0.6 is 22.3 Å². The third-order valence-electron chi connectivity index (χ3n) is 0.801. The van der Waals surface area contributed by atoms with Crippen LogP contribution in [0.1, 0.15) is 40.0 Å². The molecule has 0 atom stereocenters. The van der Waals surface area contributed by atoms with Gasteiger partial charge in [0.25, 0.3) is 0 Å². The molecular weight excluding hydrogens is 1460 g/mol. The molecule has 9 nitrogen and oxygen atoms in total. The molecule has 0 heterocycles. The van der Waals surface area contributed by atoms with Crippen LogP contribution in [0.5, 0.6) is 0 Å². The Morgan fingerprint density at radius 3 is 0.757 bits per heavy atom. The molecule has 0 aliphatic carbocycles. The molecule has 0 aromatic heterocycles. The molecule has 0 spiro atoms. The molecule has 0 saturated heterocycles. The molecule has 0 unspecified atom stereocenters. The van der Waals surface area contributed by atoms with E-state index in [0.29, 0.717) is 13.1 Å². The van der Waals surface area contributed by atoms with E-state index in [0.717, 1.165) is 31.4 Å². The Hall–Kier alpha value is 4.36. The van der Waals surface area contributed by atoms with E-state index >= 15 is 0 Å². The molecule has 0 saturated carbocycles. The quantitative estimate of drug-likeness (QED) is 0.168. The second-order valence-electron chi connectivity index (χ2n) is 3.41. The number of hydrogen-bond donors (Lipinski definition) is 1. The molecule has 0 aromatic carbocycles. The summed E-state index contributed by atoms with van der Waals surface area (Å²) >= 11 is 4.44. The van der Waals surface area contributed by atoms with Crippen molar-refractivity contribution in [2.45, 2.75) is 40.0 Å². The monoisotopic (exact) mass is 1520 g/mol. The molecule has 0 fully saturated rings. The van der Waals surface area contributed by atoms with Gasteiger partial charge in [0.05, 0.1) is 6.26 Å². The summed E-state index contributed by atoms with van der Waals surface area (Å²) in [6.07, 6.45) is 3.98. The molecule has 0 aromatic rings. The Morgan fingerprint density at radius 1 is 0.676 bits per heavy atom. The van der Waals surface area contributed by atoms with Crippen molar-refractivity contribution in [2.75, 3.05) is 38.4 Å². The number of aliphatic hydroxyl groups excluding tert-OH is 1. The zero-order valence-electron chi connectivity index (χ0n) is 25.4. The second-order valence-corrected chi connectivity index (χ2v) is 6.97. The minimum Gasteiger partial charge on any atom is -0.693 e. The Balaban J connectivity index is -0.00000000580. The Kier molecular flexibility index (Phi) is 608. The number of nitrogens with two attached hydrogens (primary N) is 1. The molecule has 0 amide bonds. The summed E-state index contributed by atoms with van der Waals surface area (Å²) in [6, 6.07) is 0. The van der Waals surface area contributed by atoms with Crippen molar-refractivity contribution >= 4 is 42.9 Å². The van der Waals surface area contributed by atoms with Crippen LogP contribution in [0.4, 0.5) is 0 Å². The van der Waals surface area contributed by atoms with Crippen molar-refractivity contribution in [1.29, 1.82) is 0 Å². The van der Waals surface area contributed by atoms with Gasteiger partial charge in [-0.2, -0.15) is 21.5 Å². The van der Waals surface area contributed by atoms with Crippen molar-refractivity contribution in [2.24, 2.45) is 0 Å². The Bertz CT molecular complexity index is 288. The minimum atomic E-state index is -3.19. The van der Waals surface area contributed by atoms with Gasteiger partial charge in [0.2, 0.25) is 9.05 Å². The van der Waals surface area contributed by atoms with Crippen LogP contribution in [0.15, 0.2) is 0 Å². The zero-order valence-corrected chi connectivity index (χ0v) is 45.2. The maximum atomic E-state index is 9.40. The van der Waals surface area contributed by atoms with Gasteiger partial charge in [-0.25, -0.2) is 8.42 Å². The maximum Gasteiger partial charge on any atom is 3.00 e. The molecule has 230 valence electrons. The summed E-state index contributed by atoms with van der Waals surface area (Å²) in [5, 5.41) is 7.69. The Morgan fingerprint density at radius 2 is 0.757 bits per heavy atom. The first-order valence-corrected chi connectivity index (χ1v) is 10.9. The molecule has 0 bridgehead atoms. The van der Waals surface area contributed by atoms with E-state index < -0.39 is 20.6 Å². The number of rotatable bonds is 4. The van der Waals surface area contributed by atoms with Crippen LogP contribution in [0.2, 0.25) is 0 Å². The molecule has 4 radical (unpaired) electrons. The van der Waals surface area contributed by atoms with Gasteiger partial charge in [0.1, 0.15) is 0 Å². The summed E-state index contributed by atoms with van der Waals surface area (Å²) in [5.41, 5.74) is 19.1. The maximum absolute atomic E-state index is 9.40. The van der Waals surface area contributed by atoms with Crippen molar-refractivity contribution in [3.63, 3.8) is 0 Å². The normalized spacial score (nSPS) is 5.14. The van der Waals surface area contributed by atoms with Crippen molar-refractivity contribution in [3.05, 3.63) is 82.8 Å². The molecule has 37 heavy (non-hydrogen) atoms. The fourth-order valence-electron chi connectivity index (χ4n) is 0. The fraction of sp³-hybridized carbons (Fsp3) is 0.600. The van der Waals surface area contributed by atoms with E-state index in [1.54, 1.807) is 0 Å². The number of halogens is 2. The van der Waals surface area contributed by atoms with Gasteiger partial charge in [0, 0.05) is 23.2 Å². The first-order chi connectivity index (χ1) is 11.1. The van der Waals surface area contributed by atoms with Gasteiger partial charge in [-0.3, -0.25) is 0 Å². The van der Waals surface area contributed by atoms with E-state index in [9.17, 15) is 8.42 Å². The molecule has 6 N–H and O–H groups in total. The molecule has 0 aliphatic heterocycles. The van der Waals surface area contributed by atoms with Gasteiger partial charge in [-0.05, 0) is 6.42 Å². The topological polar surface area (TPSA) is 193 Å². The average Bonchev–Trinajstić information content (AvgIpc) is 2.54. The third kappa shape index (κ3) is 850. The van der Waals surface area contributed by atoms with E-state index in [2.05, 4.69) is 10.7 Å². The number of hydrogen-bond acceptors (Lipinski definition) is 5. The van der Waals surface area contributed by atoms with Crippen LogP contribution < -0.4 is 0 Å². The summed E-state index contributed by atoms with van der Waals surface area (Å²) in [5.74, 6) is 0.792. The summed E-state index contributed by atoms with van der Waals surface area (Å²) in [7, 11) is 1.31. The largest absolute Gasteiger partial charge is 3.00 e. The van der Waals surface area contributed by atoms with E-state index in [4.69, 9.17) is 42.3 Å². The predicted molar refractivity (Wildman–Crippen MR) is 162 cm³/mol. The first-order valence-electron chi connectivity index (χ1n) is 6.99. The average molecular weight is 1520 g/mol. The fourth-order valence-corrected chi connectivity index (χ4v) is 0. The van der Waals surface area contributed by atoms with Gasteiger partial charge in [-0.1, -0.05) is 33.6 Å². The van der Waals surface area contributed by atoms with Crippen LogP contribution in [0.25, 0.3) is 23.4 Å². The Labute approximate surface area is 345 Å². The number of nitrogens with one attached hydrogen (secondary N) is 3. The molecular formula is C20H58Cl2N4O5S2U4. The van der Waals surface area contributed by atoms with Gasteiger partial charge in [-0.15, -0.1) is 18.1 Å². The second kappa shape index (κ2) is 167. The van der Waals surface area contributed by atoms with E-state index in [1.165, 1.54) is 0 Å². The van der Waals surface area contributed by atoms with Gasteiger partial charge >= 0.3 is 136 Å². The van der Waals surface area contributed by atoms with Crippen molar-refractivity contribution in [1.82, 2.24) is 0 Å². The SMILES string of the molecule is CCCCl.CCC[NH-].CCC[NH-].CS(=O)(=O)Cl.O=S=O.[CH3-].[CH3-].[CH3-].[CH3-].[CH3-].[CH3-].[CH3-].[CH3-].[NH-]CCO.[NH2-].[U+3].[U+3].[U+3].[U+3]. The van der Waals surface area contributed by atoms with E-state index in [-0.39, 0.29) is 203 Å². The van der Waals surface area contributed by atoms with Crippen LogP contribution in [0.3, 0.4) is 0 Å². The number of alkyl halides is 1. The zero-order chi connectivity index (χ0) is 20.9. The molecule has 0 aliphatic rings. The minimum absolute atomic E-state index is 0. The van der Waals surface area contributed by atoms with Gasteiger partial charge < -0.3 is 87.9 Å². The number of aliphatic hydroxyl groups is 1.